The summed E-state index contributed by atoms with van der Waals surface area (Å²) in [5, 5.41) is 1.46. The third kappa shape index (κ3) is 3.64. The molecule has 28 heavy (non-hydrogen) atoms. The highest BCUT2D eigenvalue weighted by Gasteiger charge is 2.12. The summed E-state index contributed by atoms with van der Waals surface area (Å²) in [7, 11) is 4.04. The number of rotatable bonds is 6. The Morgan fingerprint density at radius 3 is 2.36 bits per heavy atom. The smallest absolute Gasteiger partial charge is 0.197 e. The molecule has 142 valence electrons. The van der Waals surface area contributed by atoms with Crippen LogP contribution in [-0.2, 0) is 6.54 Å². The Morgan fingerprint density at radius 1 is 0.857 bits per heavy atom. The molecule has 0 saturated carbocycles. The van der Waals surface area contributed by atoms with Gasteiger partial charge in [0.05, 0.1) is 11.0 Å². The van der Waals surface area contributed by atoms with Crippen molar-refractivity contribution < 1.29 is 4.74 Å². The van der Waals surface area contributed by atoms with Gasteiger partial charge in [0.15, 0.2) is 5.43 Å². The van der Waals surface area contributed by atoms with E-state index in [2.05, 4.69) is 21.6 Å². The minimum absolute atomic E-state index is 0.0646. The zero-order valence-corrected chi connectivity index (χ0v) is 16.3. The molecule has 4 rings (SSSR count). The van der Waals surface area contributed by atoms with Crippen LogP contribution in [0.5, 0.6) is 5.75 Å². The first kappa shape index (κ1) is 18.3. The zero-order valence-electron chi connectivity index (χ0n) is 16.3. The fourth-order valence-electron chi connectivity index (χ4n) is 3.47. The van der Waals surface area contributed by atoms with Crippen molar-refractivity contribution in [1.82, 2.24) is 9.47 Å². The minimum Gasteiger partial charge on any atom is -0.492 e. The fourth-order valence-corrected chi connectivity index (χ4v) is 3.47. The van der Waals surface area contributed by atoms with Crippen LogP contribution < -0.4 is 10.2 Å². The van der Waals surface area contributed by atoms with Gasteiger partial charge in [-0.2, -0.15) is 0 Å². The summed E-state index contributed by atoms with van der Waals surface area (Å²) in [6.45, 7) is 2.14. The molecule has 0 amide bonds. The van der Waals surface area contributed by atoms with Gasteiger partial charge in [0.25, 0.3) is 0 Å². The maximum Gasteiger partial charge on any atom is 0.197 e. The number of likely N-dealkylation sites (N-methyl/N-ethyl adjacent to an activating group) is 1. The van der Waals surface area contributed by atoms with E-state index in [1.165, 1.54) is 5.56 Å². The van der Waals surface area contributed by atoms with Crippen LogP contribution in [0, 0.1) is 0 Å². The maximum absolute atomic E-state index is 13.0. The quantitative estimate of drug-likeness (QED) is 0.477. The lowest BCUT2D eigenvalue weighted by atomic mass is 10.1. The topological polar surface area (TPSA) is 34.5 Å². The zero-order chi connectivity index (χ0) is 19.5. The van der Waals surface area contributed by atoms with E-state index in [-0.39, 0.29) is 5.43 Å². The molecular weight excluding hydrogens is 348 g/mol. The number of nitrogens with zero attached hydrogens (tertiary/aromatic N) is 2. The SMILES string of the molecule is CN(C)CCOc1ccc2c(=O)c3ccccc3n(Cc3ccccc3)c2c1. The van der Waals surface area contributed by atoms with Gasteiger partial charge in [0, 0.05) is 29.9 Å². The van der Waals surface area contributed by atoms with Crippen molar-refractivity contribution in [3.8, 4) is 5.75 Å². The number of aromatic nitrogens is 1. The molecule has 0 unspecified atom stereocenters. The Labute approximate surface area is 164 Å². The molecule has 4 nitrogen and oxygen atoms in total. The molecule has 0 bridgehead atoms. The first-order valence-corrected chi connectivity index (χ1v) is 9.50. The van der Waals surface area contributed by atoms with Crippen LogP contribution in [0.1, 0.15) is 5.56 Å². The summed E-state index contributed by atoms with van der Waals surface area (Å²) < 4.78 is 8.13. The largest absolute Gasteiger partial charge is 0.492 e. The second-order valence-corrected chi connectivity index (χ2v) is 7.25. The van der Waals surface area contributed by atoms with E-state index in [0.29, 0.717) is 13.2 Å². The predicted octanol–water partition coefficient (Wildman–Crippen LogP) is 4.14. The van der Waals surface area contributed by atoms with Gasteiger partial charge in [-0.05, 0) is 43.9 Å². The lowest BCUT2D eigenvalue weighted by molar-refractivity contribution is 0.261. The number of para-hydroxylation sites is 1. The van der Waals surface area contributed by atoms with Gasteiger partial charge in [0.2, 0.25) is 0 Å². The maximum atomic E-state index is 13.0. The van der Waals surface area contributed by atoms with Gasteiger partial charge in [-0.15, -0.1) is 0 Å². The standard InChI is InChI=1S/C24H24N2O2/c1-25(2)14-15-28-19-12-13-21-23(16-19)26(17-18-8-4-3-5-9-18)22-11-7-6-10-20(22)24(21)27/h3-13,16H,14-15,17H2,1-2H3. The summed E-state index contributed by atoms with van der Waals surface area (Å²) in [5.74, 6) is 0.783. The lowest BCUT2D eigenvalue weighted by Crippen LogP contribution is -2.19. The molecule has 0 aliphatic carbocycles. The lowest BCUT2D eigenvalue weighted by Gasteiger charge is -2.17. The normalized spacial score (nSPS) is 11.4. The van der Waals surface area contributed by atoms with Crippen LogP contribution in [-0.4, -0.2) is 36.7 Å². The van der Waals surface area contributed by atoms with Crippen LogP contribution in [0.25, 0.3) is 21.8 Å². The Kier molecular flexibility index (Phi) is 5.13. The first-order chi connectivity index (χ1) is 13.6. The second-order valence-electron chi connectivity index (χ2n) is 7.25. The van der Waals surface area contributed by atoms with Gasteiger partial charge in [-0.3, -0.25) is 4.79 Å². The fraction of sp³-hybridized carbons (Fsp3) is 0.208. The summed E-state index contributed by atoms with van der Waals surface area (Å²) in [5.41, 5.74) is 3.09. The van der Waals surface area contributed by atoms with E-state index >= 15 is 0 Å². The Balaban J connectivity index is 1.88. The molecule has 0 N–H and O–H groups in total. The van der Waals surface area contributed by atoms with Crippen molar-refractivity contribution in [2.24, 2.45) is 0 Å². The molecule has 4 heteroatoms. The number of hydrogen-bond donors (Lipinski definition) is 0. The molecule has 0 aliphatic rings. The number of ether oxygens (including phenoxy) is 1. The van der Waals surface area contributed by atoms with Crippen LogP contribution in [0.15, 0.2) is 77.6 Å². The van der Waals surface area contributed by atoms with Crippen LogP contribution in [0.2, 0.25) is 0 Å². The highest BCUT2D eigenvalue weighted by atomic mass is 16.5. The predicted molar refractivity (Wildman–Crippen MR) is 115 cm³/mol. The van der Waals surface area contributed by atoms with E-state index in [0.717, 1.165) is 34.1 Å². The number of benzene rings is 3. The van der Waals surface area contributed by atoms with E-state index < -0.39 is 0 Å². The Morgan fingerprint density at radius 2 is 1.57 bits per heavy atom. The highest BCUT2D eigenvalue weighted by Crippen LogP contribution is 2.24. The Bertz CT molecular complexity index is 1160. The van der Waals surface area contributed by atoms with E-state index in [1.807, 2.05) is 74.8 Å². The van der Waals surface area contributed by atoms with Crippen LogP contribution in [0.3, 0.4) is 0 Å². The van der Waals surface area contributed by atoms with Gasteiger partial charge in [-0.1, -0.05) is 42.5 Å². The van der Waals surface area contributed by atoms with Gasteiger partial charge < -0.3 is 14.2 Å². The van der Waals surface area contributed by atoms with E-state index in [9.17, 15) is 4.79 Å². The van der Waals surface area contributed by atoms with Crippen molar-refractivity contribution >= 4 is 21.8 Å². The summed E-state index contributed by atoms with van der Waals surface area (Å²) in [4.78, 5) is 15.1. The number of hydrogen-bond acceptors (Lipinski definition) is 3. The van der Waals surface area contributed by atoms with Crippen LogP contribution in [0.4, 0.5) is 0 Å². The van der Waals surface area contributed by atoms with Gasteiger partial charge >= 0.3 is 0 Å². The summed E-state index contributed by atoms with van der Waals surface area (Å²) >= 11 is 0. The number of fused-ring (bicyclic) bond motifs is 2. The molecule has 0 aliphatic heterocycles. The van der Waals surface area contributed by atoms with E-state index in [1.54, 1.807) is 0 Å². The molecule has 0 spiro atoms. The highest BCUT2D eigenvalue weighted by molar-refractivity contribution is 5.94. The third-order valence-electron chi connectivity index (χ3n) is 4.93. The second kappa shape index (κ2) is 7.87. The molecule has 3 aromatic carbocycles. The summed E-state index contributed by atoms with van der Waals surface area (Å²) in [6.07, 6.45) is 0. The van der Waals surface area contributed by atoms with Crippen molar-refractivity contribution in [1.29, 1.82) is 0 Å². The molecule has 0 saturated heterocycles. The molecule has 1 aromatic heterocycles. The Hall–Kier alpha value is -3.11. The average molecular weight is 372 g/mol. The first-order valence-electron chi connectivity index (χ1n) is 9.50. The van der Waals surface area contributed by atoms with Crippen molar-refractivity contribution in [2.45, 2.75) is 6.54 Å². The molecule has 0 fully saturated rings. The van der Waals surface area contributed by atoms with Crippen molar-refractivity contribution in [3.05, 3.63) is 88.6 Å². The molecule has 0 radical (unpaired) electrons. The van der Waals surface area contributed by atoms with E-state index in [4.69, 9.17) is 4.74 Å². The molecular formula is C24H24N2O2. The molecule has 0 atom stereocenters. The van der Waals surface area contributed by atoms with Crippen LogP contribution >= 0.6 is 0 Å². The van der Waals surface area contributed by atoms with Gasteiger partial charge in [0.1, 0.15) is 12.4 Å². The molecule has 1 heterocycles. The van der Waals surface area contributed by atoms with Crippen molar-refractivity contribution in [2.75, 3.05) is 27.2 Å². The monoisotopic (exact) mass is 372 g/mol. The molecule has 4 aromatic rings. The number of pyridine rings is 1. The third-order valence-corrected chi connectivity index (χ3v) is 4.93. The van der Waals surface area contributed by atoms with Gasteiger partial charge in [-0.25, -0.2) is 0 Å². The van der Waals surface area contributed by atoms with Crippen molar-refractivity contribution in [3.63, 3.8) is 0 Å². The minimum atomic E-state index is 0.0646. The average Bonchev–Trinajstić information content (AvgIpc) is 2.71. The summed E-state index contributed by atoms with van der Waals surface area (Å²) in [6, 6.07) is 23.9.